The highest BCUT2D eigenvalue weighted by Crippen LogP contribution is 2.31. The molecule has 104 valence electrons. The van der Waals surface area contributed by atoms with Gasteiger partial charge in [0.2, 0.25) is 0 Å². The number of aliphatic hydroxyl groups is 1. The summed E-state index contributed by atoms with van der Waals surface area (Å²) in [5.74, 6) is 6.00. The Morgan fingerprint density at radius 1 is 1.14 bits per heavy atom. The van der Waals surface area contributed by atoms with Crippen LogP contribution >= 0.6 is 27.5 Å². The Hall–Kier alpha value is -1.67. The molecular weight excluding hydrogens is 346 g/mol. The van der Waals surface area contributed by atoms with Gasteiger partial charge >= 0.3 is 0 Å². The molecule has 0 bridgehead atoms. The van der Waals surface area contributed by atoms with Crippen LogP contribution in [0.1, 0.15) is 12.0 Å². The van der Waals surface area contributed by atoms with Gasteiger partial charge in [0, 0.05) is 27.4 Å². The Morgan fingerprint density at radius 3 is 2.71 bits per heavy atom. The van der Waals surface area contributed by atoms with Crippen LogP contribution in [0.15, 0.2) is 46.9 Å². The normalized spacial score (nSPS) is 10.4. The van der Waals surface area contributed by atoms with E-state index in [1.54, 1.807) is 0 Å². The minimum atomic E-state index is 0.101. The molecule has 0 aliphatic heterocycles. The molecule has 21 heavy (non-hydrogen) atoms. The fourth-order valence-electron chi connectivity index (χ4n) is 2.05. The van der Waals surface area contributed by atoms with E-state index in [-0.39, 0.29) is 6.61 Å². The van der Waals surface area contributed by atoms with E-state index in [1.165, 1.54) is 11.5 Å². The van der Waals surface area contributed by atoms with Crippen molar-refractivity contribution in [3.8, 4) is 23.1 Å². The van der Waals surface area contributed by atoms with Crippen LogP contribution in [0, 0.1) is 11.8 Å². The first-order chi connectivity index (χ1) is 10.3. The molecule has 0 radical (unpaired) electrons. The fraction of sp³-hybridized carbons (Fsp3) is 0.118. The topological polar surface area (TPSA) is 33.1 Å². The van der Waals surface area contributed by atoms with Crippen molar-refractivity contribution >= 4 is 37.5 Å². The predicted molar refractivity (Wildman–Crippen MR) is 91.3 cm³/mol. The van der Waals surface area contributed by atoms with Gasteiger partial charge in [-0.25, -0.2) is 0 Å². The van der Waals surface area contributed by atoms with Gasteiger partial charge in [-0.05, 0) is 35.8 Å². The largest absolute Gasteiger partial charge is 0.395 e. The molecular formula is C17H12BrNOS. The number of fused-ring (bicyclic) bond motifs is 1. The monoisotopic (exact) mass is 357 g/mol. The van der Waals surface area contributed by atoms with Crippen LogP contribution in [0.3, 0.4) is 0 Å². The molecule has 3 rings (SSSR count). The highest BCUT2D eigenvalue weighted by atomic mass is 79.9. The third kappa shape index (κ3) is 3.16. The van der Waals surface area contributed by atoms with E-state index in [0.29, 0.717) is 6.42 Å². The lowest BCUT2D eigenvalue weighted by Gasteiger charge is -1.99. The molecule has 1 heterocycles. The van der Waals surface area contributed by atoms with E-state index >= 15 is 0 Å². The van der Waals surface area contributed by atoms with E-state index in [0.717, 1.165) is 31.4 Å². The lowest BCUT2D eigenvalue weighted by molar-refractivity contribution is 0.305. The fourth-order valence-corrected chi connectivity index (χ4v) is 3.15. The summed E-state index contributed by atoms with van der Waals surface area (Å²) in [4.78, 5) is 0. The van der Waals surface area contributed by atoms with Crippen LogP contribution in [0.5, 0.6) is 0 Å². The summed E-state index contributed by atoms with van der Waals surface area (Å²) in [6, 6.07) is 14.3. The zero-order chi connectivity index (χ0) is 14.7. The lowest BCUT2D eigenvalue weighted by atomic mass is 10.1. The summed E-state index contributed by atoms with van der Waals surface area (Å²) in [7, 11) is 0. The van der Waals surface area contributed by atoms with E-state index < -0.39 is 0 Å². The molecule has 0 aliphatic rings. The SMILES string of the molecule is OCCC#Cc1ccc2c(-c3ccc(Br)cc3)nsc2c1. The van der Waals surface area contributed by atoms with Gasteiger partial charge in [-0.1, -0.05) is 46.0 Å². The number of nitrogens with zero attached hydrogens (tertiary/aromatic N) is 1. The molecule has 2 aromatic carbocycles. The van der Waals surface area contributed by atoms with Crippen molar-refractivity contribution in [2.45, 2.75) is 6.42 Å². The Balaban J connectivity index is 2.00. The summed E-state index contributed by atoms with van der Waals surface area (Å²) in [6.07, 6.45) is 0.505. The van der Waals surface area contributed by atoms with Crippen LogP contribution in [0.25, 0.3) is 21.3 Å². The highest BCUT2D eigenvalue weighted by molar-refractivity contribution is 9.10. The molecule has 0 saturated carbocycles. The number of aliphatic hydroxyl groups excluding tert-OH is 1. The zero-order valence-electron chi connectivity index (χ0n) is 11.1. The summed E-state index contributed by atoms with van der Waals surface area (Å²) in [5.41, 5.74) is 3.09. The quantitative estimate of drug-likeness (QED) is 0.686. The molecule has 1 aromatic heterocycles. The van der Waals surface area contributed by atoms with Gasteiger partial charge < -0.3 is 5.11 Å². The second-order valence-electron chi connectivity index (χ2n) is 4.52. The maximum Gasteiger partial charge on any atom is 0.0919 e. The van der Waals surface area contributed by atoms with Crippen LogP contribution < -0.4 is 0 Å². The first kappa shape index (κ1) is 14.3. The molecule has 0 saturated heterocycles. The van der Waals surface area contributed by atoms with Gasteiger partial charge in [-0.15, -0.1) is 0 Å². The third-order valence-corrected chi connectivity index (χ3v) is 4.40. The van der Waals surface area contributed by atoms with E-state index in [1.807, 2.05) is 18.2 Å². The van der Waals surface area contributed by atoms with E-state index in [4.69, 9.17) is 5.11 Å². The number of benzene rings is 2. The van der Waals surface area contributed by atoms with Gasteiger partial charge in [0.25, 0.3) is 0 Å². The smallest absolute Gasteiger partial charge is 0.0919 e. The minimum absolute atomic E-state index is 0.101. The third-order valence-electron chi connectivity index (χ3n) is 3.06. The van der Waals surface area contributed by atoms with Crippen molar-refractivity contribution in [3.63, 3.8) is 0 Å². The van der Waals surface area contributed by atoms with Crippen LogP contribution in [0.4, 0.5) is 0 Å². The molecule has 0 atom stereocenters. The van der Waals surface area contributed by atoms with Gasteiger partial charge in [0.05, 0.1) is 17.0 Å². The minimum Gasteiger partial charge on any atom is -0.395 e. The number of hydrogen-bond donors (Lipinski definition) is 1. The van der Waals surface area contributed by atoms with Gasteiger partial charge in [-0.3, -0.25) is 0 Å². The predicted octanol–water partition coefficient (Wildman–Crippen LogP) is 4.46. The van der Waals surface area contributed by atoms with Gasteiger partial charge in [-0.2, -0.15) is 4.37 Å². The molecule has 4 heteroatoms. The van der Waals surface area contributed by atoms with Gasteiger partial charge in [0.15, 0.2) is 0 Å². The zero-order valence-corrected chi connectivity index (χ0v) is 13.5. The number of halogens is 1. The maximum absolute atomic E-state index is 8.75. The lowest BCUT2D eigenvalue weighted by Crippen LogP contribution is -1.79. The summed E-state index contributed by atoms with van der Waals surface area (Å²) < 4.78 is 6.76. The van der Waals surface area contributed by atoms with Crippen molar-refractivity contribution in [3.05, 3.63) is 52.5 Å². The van der Waals surface area contributed by atoms with Crippen LogP contribution in [-0.2, 0) is 0 Å². The molecule has 0 unspecified atom stereocenters. The van der Waals surface area contributed by atoms with Crippen molar-refractivity contribution in [1.29, 1.82) is 0 Å². The number of aromatic nitrogens is 1. The van der Waals surface area contributed by atoms with E-state index in [2.05, 4.69) is 56.4 Å². The Bertz CT molecular complexity index is 827. The molecule has 3 aromatic rings. The summed E-state index contributed by atoms with van der Waals surface area (Å²) >= 11 is 4.93. The van der Waals surface area contributed by atoms with E-state index in [9.17, 15) is 0 Å². The molecule has 0 spiro atoms. The molecule has 0 fully saturated rings. The second-order valence-corrected chi connectivity index (χ2v) is 6.25. The Morgan fingerprint density at radius 2 is 1.95 bits per heavy atom. The van der Waals surface area contributed by atoms with Crippen molar-refractivity contribution in [2.24, 2.45) is 0 Å². The van der Waals surface area contributed by atoms with Crippen molar-refractivity contribution in [2.75, 3.05) is 6.61 Å². The average molecular weight is 358 g/mol. The molecule has 1 N–H and O–H groups in total. The standard InChI is InChI=1S/C17H12BrNOS/c18-14-7-5-13(6-8-14)17-15-9-4-12(3-1-2-10-20)11-16(15)21-19-17/h4-9,11,20H,2,10H2. The first-order valence-corrected chi connectivity index (χ1v) is 8.09. The average Bonchev–Trinajstić information content (AvgIpc) is 2.91. The molecule has 2 nitrogen and oxygen atoms in total. The van der Waals surface area contributed by atoms with Crippen molar-refractivity contribution < 1.29 is 5.11 Å². The van der Waals surface area contributed by atoms with Crippen LogP contribution in [0.2, 0.25) is 0 Å². The Kier molecular flexibility index (Phi) is 4.35. The number of hydrogen-bond acceptors (Lipinski definition) is 3. The first-order valence-electron chi connectivity index (χ1n) is 6.53. The van der Waals surface area contributed by atoms with Crippen molar-refractivity contribution in [1.82, 2.24) is 4.37 Å². The maximum atomic E-state index is 8.75. The molecule has 0 amide bonds. The van der Waals surface area contributed by atoms with Crippen LogP contribution in [-0.4, -0.2) is 16.1 Å². The second kappa shape index (κ2) is 6.40. The number of rotatable bonds is 2. The summed E-state index contributed by atoms with van der Waals surface area (Å²) in [5, 5.41) is 9.90. The highest BCUT2D eigenvalue weighted by Gasteiger charge is 2.08. The summed E-state index contributed by atoms with van der Waals surface area (Å²) in [6.45, 7) is 0.101. The van der Waals surface area contributed by atoms with Gasteiger partial charge in [0.1, 0.15) is 0 Å². The molecule has 0 aliphatic carbocycles. The Labute approximate surface area is 135 Å².